The molecule has 0 radical (unpaired) electrons. The molecule has 0 aliphatic carbocycles. The maximum atomic E-state index is 12.8. The summed E-state index contributed by atoms with van der Waals surface area (Å²) >= 11 is 0. The average molecular weight is 365 g/mol. The molecule has 6 nitrogen and oxygen atoms in total. The van der Waals surface area contributed by atoms with Crippen LogP contribution in [0.3, 0.4) is 0 Å². The number of rotatable bonds is 8. The highest BCUT2D eigenvalue weighted by molar-refractivity contribution is 7.85. The fourth-order valence-electron chi connectivity index (χ4n) is 2.69. The van der Waals surface area contributed by atoms with Crippen LogP contribution in [0.5, 0.6) is 0 Å². The van der Waals surface area contributed by atoms with E-state index in [-0.39, 0.29) is 5.75 Å². The standard InChI is InChI=1S/C18H27N3O3S/c1-6-14-8-13(10-19)9-15(7-2)16(14)17(22)18(23)21(4)20-12(3)11-25(5)24/h8-9H,6-7,10-11,19H2,1-5H3. The third-order valence-electron chi connectivity index (χ3n) is 3.81. The van der Waals surface area contributed by atoms with Gasteiger partial charge in [-0.1, -0.05) is 26.0 Å². The molecular weight excluding hydrogens is 338 g/mol. The maximum absolute atomic E-state index is 12.8. The fraction of sp³-hybridized carbons (Fsp3) is 0.500. The van der Waals surface area contributed by atoms with Crippen LogP contribution < -0.4 is 5.73 Å². The van der Waals surface area contributed by atoms with Crippen LogP contribution in [0, 0.1) is 0 Å². The minimum absolute atomic E-state index is 0.261. The lowest BCUT2D eigenvalue weighted by Gasteiger charge is -2.17. The second-order valence-electron chi connectivity index (χ2n) is 5.91. The summed E-state index contributed by atoms with van der Waals surface area (Å²) in [6, 6.07) is 3.77. The number of ketones is 1. The van der Waals surface area contributed by atoms with Gasteiger partial charge in [-0.25, -0.2) is 5.01 Å². The summed E-state index contributed by atoms with van der Waals surface area (Å²) in [5.41, 5.74) is 9.30. The minimum Gasteiger partial charge on any atom is -0.326 e. The van der Waals surface area contributed by atoms with E-state index in [2.05, 4.69) is 5.10 Å². The number of carbonyl (C=O) groups is 2. The van der Waals surface area contributed by atoms with E-state index in [9.17, 15) is 13.8 Å². The number of aryl methyl sites for hydroxylation is 2. The molecule has 0 saturated heterocycles. The van der Waals surface area contributed by atoms with Crippen LogP contribution in [0.1, 0.15) is 47.8 Å². The molecular formula is C18H27N3O3S. The number of nitrogens with zero attached hydrogens (tertiary/aromatic N) is 2. The third kappa shape index (κ3) is 5.57. The number of benzene rings is 1. The van der Waals surface area contributed by atoms with Gasteiger partial charge < -0.3 is 5.73 Å². The molecule has 1 atom stereocenters. The van der Waals surface area contributed by atoms with Crippen LogP contribution in [0.15, 0.2) is 17.2 Å². The zero-order valence-electron chi connectivity index (χ0n) is 15.6. The van der Waals surface area contributed by atoms with Crippen molar-refractivity contribution in [3.8, 4) is 0 Å². The first-order valence-corrected chi connectivity index (χ1v) is 9.98. The molecule has 1 aromatic carbocycles. The molecule has 0 heterocycles. The number of nitrogens with two attached hydrogens (primary N) is 1. The zero-order chi connectivity index (χ0) is 19.1. The lowest BCUT2D eigenvalue weighted by Crippen LogP contribution is -2.32. The second-order valence-corrected chi connectivity index (χ2v) is 7.35. The van der Waals surface area contributed by atoms with Gasteiger partial charge in [0.2, 0.25) is 0 Å². The SMILES string of the molecule is CCc1cc(CN)cc(CC)c1C(=O)C(=O)N(C)N=C(C)CS(C)=O. The van der Waals surface area contributed by atoms with Crippen LogP contribution in [-0.2, 0) is 35.0 Å². The first kappa shape index (κ1) is 21.2. The smallest absolute Gasteiger partial charge is 0.314 e. The van der Waals surface area contributed by atoms with Crippen molar-refractivity contribution in [2.75, 3.05) is 19.1 Å². The van der Waals surface area contributed by atoms with Crippen LogP contribution in [0.4, 0.5) is 0 Å². The largest absolute Gasteiger partial charge is 0.326 e. The predicted molar refractivity (Wildman–Crippen MR) is 102 cm³/mol. The van der Waals surface area contributed by atoms with E-state index in [1.54, 1.807) is 13.2 Å². The van der Waals surface area contributed by atoms with E-state index < -0.39 is 22.5 Å². The number of amides is 1. The molecule has 1 rings (SSSR count). The molecule has 1 amide bonds. The second kappa shape index (κ2) is 9.58. The van der Waals surface area contributed by atoms with Gasteiger partial charge in [-0.2, -0.15) is 5.10 Å². The van der Waals surface area contributed by atoms with Crippen molar-refractivity contribution in [1.29, 1.82) is 0 Å². The zero-order valence-corrected chi connectivity index (χ0v) is 16.4. The summed E-state index contributed by atoms with van der Waals surface area (Å²) in [6.45, 7) is 5.96. The Hall–Kier alpha value is -1.86. The Bertz CT molecular complexity index is 689. The van der Waals surface area contributed by atoms with Gasteiger partial charge in [0, 0.05) is 41.9 Å². The molecule has 1 aromatic rings. The molecule has 7 heteroatoms. The molecule has 0 fully saturated rings. The van der Waals surface area contributed by atoms with Crippen molar-refractivity contribution in [3.05, 3.63) is 34.4 Å². The van der Waals surface area contributed by atoms with E-state index in [0.29, 0.717) is 30.7 Å². The highest BCUT2D eigenvalue weighted by atomic mass is 32.2. The van der Waals surface area contributed by atoms with E-state index >= 15 is 0 Å². The highest BCUT2D eigenvalue weighted by Crippen LogP contribution is 2.21. The summed E-state index contributed by atoms with van der Waals surface area (Å²) in [5.74, 6) is -1.02. The summed E-state index contributed by atoms with van der Waals surface area (Å²) in [4.78, 5) is 25.3. The molecule has 0 saturated carbocycles. The van der Waals surface area contributed by atoms with E-state index in [0.717, 1.165) is 21.7 Å². The van der Waals surface area contributed by atoms with E-state index in [1.165, 1.54) is 7.05 Å². The molecule has 0 aromatic heterocycles. The summed E-state index contributed by atoms with van der Waals surface area (Å²) in [6.07, 6.45) is 2.83. The average Bonchev–Trinajstić information content (AvgIpc) is 2.58. The van der Waals surface area contributed by atoms with Gasteiger partial charge in [0.05, 0.1) is 5.75 Å². The number of carbonyl (C=O) groups excluding carboxylic acids is 2. The fourth-order valence-corrected chi connectivity index (χ4v) is 3.33. The number of likely N-dealkylation sites (N-methyl/N-ethyl adjacent to an activating group) is 1. The highest BCUT2D eigenvalue weighted by Gasteiger charge is 2.25. The Labute approximate surface area is 151 Å². The third-order valence-corrected chi connectivity index (χ3v) is 4.63. The summed E-state index contributed by atoms with van der Waals surface area (Å²) < 4.78 is 11.2. The minimum atomic E-state index is -1.05. The Kier molecular flexibility index (Phi) is 8.12. The molecule has 0 spiro atoms. The maximum Gasteiger partial charge on any atom is 0.314 e. The van der Waals surface area contributed by atoms with Crippen LogP contribution in [0.25, 0.3) is 0 Å². The first-order chi connectivity index (χ1) is 11.7. The van der Waals surface area contributed by atoms with Gasteiger partial charge in [-0.3, -0.25) is 13.8 Å². The lowest BCUT2D eigenvalue weighted by molar-refractivity contribution is -0.125. The van der Waals surface area contributed by atoms with Gasteiger partial charge in [0.1, 0.15) is 0 Å². The Balaban J connectivity index is 3.21. The summed E-state index contributed by atoms with van der Waals surface area (Å²) in [7, 11) is 0.387. The van der Waals surface area contributed by atoms with Crippen LogP contribution in [0.2, 0.25) is 0 Å². The molecule has 0 aliphatic heterocycles. The van der Waals surface area contributed by atoms with Crippen molar-refractivity contribution in [2.45, 2.75) is 40.2 Å². The number of Topliss-reactive ketones (excluding diaryl/α,β-unsaturated/α-hetero) is 1. The van der Waals surface area contributed by atoms with Gasteiger partial charge in [0.25, 0.3) is 5.78 Å². The number of hydrazone groups is 1. The molecule has 138 valence electrons. The Morgan fingerprint density at radius 1 is 1.20 bits per heavy atom. The van der Waals surface area contributed by atoms with Crippen LogP contribution >= 0.6 is 0 Å². The van der Waals surface area contributed by atoms with Gasteiger partial charge in [-0.15, -0.1) is 0 Å². The number of hydrogen-bond donors (Lipinski definition) is 1. The normalized spacial score (nSPS) is 12.8. The van der Waals surface area contributed by atoms with E-state index in [4.69, 9.17) is 5.73 Å². The number of hydrogen-bond acceptors (Lipinski definition) is 5. The summed E-state index contributed by atoms with van der Waals surface area (Å²) in [5, 5.41) is 5.10. The van der Waals surface area contributed by atoms with Gasteiger partial charge in [-0.05, 0) is 36.5 Å². The van der Waals surface area contributed by atoms with Crippen molar-refractivity contribution < 1.29 is 13.8 Å². The molecule has 2 N–H and O–H groups in total. The van der Waals surface area contributed by atoms with Crippen molar-refractivity contribution in [3.63, 3.8) is 0 Å². The van der Waals surface area contributed by atoms with Gasteiger partial charge in [0.15, 0.2) is 0 Å². The lowest BCUT2D eigenvalue weighted by atomic mass is 9.91. The predicted octanol–water partition coefficient (Wildman–Crippen LogP) is 1.67. The van der Waals surface area contributed by atoms with Crippen molar-refractivity contribution in [2.24, 2.45) is 10.8 Å². The molecule has 1 unspecified atom stereocenters. The van der Waals surface area contributed by atoms with Crippen LogP contribution in [-0.4, -0.2) is 45.7 Å². The van der Waals surface area contributed by atoms with Crippen molar-refractivity contribution >= 4 is 28.2 Å². The quantitative estimate of drug-likeness (QED) is 0.328. The monoisotopic (exact) mass is 365 g/mol. The molecule has 0 bridgehead atoms. The molecule has 25 heavy (non-hydrogen) atoms. The first-order valence-electron chi connectivity index (χ1n) is 8.26. The van der Waals surface area contributed by atoms with Crippen molar-refractivity contribution in [1.82, 2.24) is 5.01 Å². The molecule has 0 aliphatic rings. The van der Waals surface area contributed by atoms with Gasteiger partial charge >= 0.3 is 5.91 Å². The Morgan fingerprint density at radius 2 is 1.72 bits per heavy atom. The Morgan fingerprint density at radius 3 is 2.12 bits per heavy atom. The van der Waals surface area contributed by atoms with E-state index in [1.807, 2.05) is 26.0 Å². The topological polar surface area (TPSA) is 92.8 Å².